The highest BCUT2D eigenvalue weighted by Gasteiger charge is 2.35. The van der Waals surface area contributed by atoms with E-state index in [-0.39, 0.29) is 66.4 Å². The van der Waals surface area contributed by atoms with Crippen LogP contribution in [0.25, 0.3) is 0 Å². The van der Waals surface area contributed by atoms with Gasteiger partial charge in [0, 0.05) is 23.9 Å². The summed E-state index contributed by atoms with van der Waals surface area (Å²) in [7, 11) is 0. The van der Waals surface area contributed by atoms with Crippen molar-refractivity contribution >= 4 is 23.2 Å². The summed E-state index contributed by atoms with van der Waals surface area (Å²) in [6.45, 7) is 2.96. The Hall–Kier alpha value is -4.93. The van der Waals surface area contributed by atoms with E-state index in [1.54, 1.807) is 24.3 Å². The summed E-state index contributed by atoms with van der Waals surface area (Å²) in [5, 5.41) is 29.4. The van der Waals surface area contributed by atoms with Crippen LogP contribution < -0.4 is 10.8 Å². The highest BCUT2D eigenvalue weighted by Crippen LogP contribution is 2.32. The second-order valence-corrected chi connectivity index (χ2v) is 8.90. The molecule has 0 fully saturated rings. The number of aryl methyl sites for hydroxylation is 2. The molecule has 0 bridgehead atoms. The Balaban J connectivity index is 1.81. The number of rotatable bonds is 13. The average Bonchev–Trinajstić information content (AvgIpc) is 2.97. The van der Waals surface area contributed by atoms with Crippen LogP contribution in [0.2, 0.25) is 0 Å². The molecule has 0 atom stereocenters. The standard InChI is InChI=1S/C29H27F3N6O4/c1-2-26(40)36-24-8-4-3-6-18(24)7-5-9-25-22(29(30,31)32)17-35-27(37-25)23(34)15-21-14-19(10-11-20(21)16-33)28(41)38-42-13-12-39/h2-4,6,8,10-11,14,17,34,39H,1,5,7,9,12-13,15H2,(H,36,40)(H,38,41). The van der Waals surface area contributed by atoms with Crippen molar-refractivity contribution in [2.75, 3.05) is 18.5 Å². The number of carbonyl (C=O) groups is 2. The minimum absolute atomic E-state index is 0.0890. The number of carbonyl (C=O) groups excluding carboxylic acids is 2. The molecule has 0 unspecified atom stereocenters. The third-order valence-corrected chi connectivity index (χ3v) is 5.98. The van der Waals surface area contributed by atoms with Crippen molar-refractivity contribution < 1.29 is 32.7 Å². The number of amides is 2. The molecule has 10 nitrogen and oxygen atoms in total. The average molecular weight is 581 g/mol. The summed E-state index contributed by atoms with van der Waals surface area (Å²) in [6, 6.07) is 13.0. The largest absolute Gasteiger partial charge is 0.419 e. The van der Waals surface area contributed by atoms with E-state index in [1.807, 2.05) is 6.07 Å². The summed E-state index contributed by atoms with van der Waals surface area (Å²) in [6.07, 6.45) is -2.71. The van der Waals surface area contributed by atoms with Crippen molar-refractivity contribution in [2.24, 2.45) is 0 Å². The van der Waals surface area contributed by atoms with Gasteiger partial charge in [0.15, 0.2) is 5.82 Å². The Morgan fingerprint density at radius 2 is 1.93 bits per heavy atom. The third-order valence-electron chi connectivity index (χ3n) is 5.98. The maximum atomic E-state index is 13.8. The second-order valence-electron chi connectivity index (χ2n) is 8.90. The SMILES string of the molecule is C=CC(=O)Nc1ccccc1CCCc1nc(C(=N)Cc2cc(C(=O)NOCCO)ccc2C#N)ncc1C(F)(F)F. The number of aliphatic hydroxyl groups excluding tert-OH is 1. The highest BCUT2D eigenvalue weighted by molar-refractivity contribution is 5.99. The van der Waals surface area contributed by atoms with Gasteiger partial charge in [-0.25, -0.2) is 15.4 Å². The molecule has 0 aliphatic rings. The molecule has 3 rings (SSSR count). The second kappa shape index (κ2) is 14.6. The van der Waals surface area contributed by atoms with E-state index < -0.39 is 23.6 Å². The molecule has 0 aliphatic carbocycles. The van der Waals surface area contributed by atoms with Gasteiger partial charge in [0.05, 0.1) is 41.8 Å². The molecule has 218 valence electrons. The van der Waals surface area contributed by atoms with Crippen LogP contribution in [-0.2, 0) is 35.1 Å². The molecule has 0 radical (unpaired) electrons. The topological polar surface area (TPSA) is 161 Å². The number of halogens is 3. The van der Waals surface area contributed by atoms with E-state index in [2.05, 4.69) is 27.3 Å². The maximum absolute atomic E-state index is 13.8. The van der Waals surface area contributed by atoms with Crippen LogP contribution in [0.5, 0.6) is 0 Å². The number of para-hydroxylation sites is 1. The lowest BCUT2D eigenvalue weighted by atomic mass is 9.99. The molecule has 42 heavy (non-hydrogen) atoms. The minimum atomic E-state index is -4.72. The van der Waals surface area contributed by atoms with Gasteiger partial charge >= 0.3 is 6.18 Å². The molecule has 2 amide bonds. The molecule has 1 heterocycles. The number of aromatic nitrogens is 2. The monoisotopic (exact) mass is 580 g/mol. The number of nitrogens with one attached hydrogen (secondary N) is 3. The fraction of sp³-hybridized carbons (Fsp3) is 0.241. The van der Waals surface area contributed by atoms with Crippen molar-refractivity contribution in [3.63, 3.8) is 0 Å². The molecule has 0 aliphatic heterocycles. The molecule has 0 saturated carbocycles. The van der Waals surface area contributed by atoms with Crippen molar-refractivity contribution in [2.45, 2.75) is 31.9 Å². The Kier molecular flexibility index (Phi) is 11.0. The maximum Gasteiger partial charge on any atom is 0.419 e. The molecule has 4 N–H and O–H groups in total. The van der Waals surface area contributed by atoms with Crippen molar-refractivity contribution in [1.82, 2.24) is 15.4 Å². The Morgan fingerprint density at radius 1 is 1.17 bits per heavy atom. The van der Waals surface area contributed by atoms with Gasteiger partial charge in [-0.1, -0.05) is 24.8 Å². The highest BCUT2D eigenvalue weighted by atomic mass is 19.4. The van der Waals surface area contributed by atoms with Crippen LogP contribution in [0.1, 0.15) is 50.6 Å². The van der Waals surface area contributed by atoms with Crippen molar-refractivity contribution in [1.29, 1.82) is 10.7 Å². The number of hydrogen-bond acceptors (Lipinski definition) is 8. The predicted octanol–water partition coefficient (Wildman–Crippen LogP) is 3.93. The molecule has 2 aromatic carbocycles. The summed E-state index contributed by atoms with van der Waals surface area (Å²) in [5.74, 6) is -1.32. The van der Waals surface area contributed by atoms with Crippen LogP contribution in [-0.4, -0.2) is 45.8 Å². The van der Waals surface area contributed by atoms with Gasteiger partial charge in [-0.15, -0.1) is 0 Å². The molecule has 0 saturated heterocycles. The Bertz CT molecular complexity index is 1520. The molecule has 13 heteroatoms. The van der Waals surface area contributed by atoms with Crippen LogP contribution in [0.4, 0.5) is 18.9 Å². The van der Waals surface area contributed by atoms with Crippen LogP contribution in [0.3, 0.4) is 0 Å². The van der Waals surface area contributed by atoms with E-state index >= 15 is 0 Å². The fourth-order valence-electron chi connectivity index (χ4n) is 3.96. The minimum Gasteiger partial charge on any atom is -0.394 e. The van der Waals surface area contributed by atoms with Gasteiger partial charge in [-0.2, -0.15) is 18.4 Å². The number of hydrogen-bond donors (Lipinski definition) is 4. The summed E-state index contributed by atoms with van der Waals surface area (Å²) >= 11 is 0. The lowest BCUT2D eigenvalue weighted by molar-refractivity contribution is -0.138. The fourth-order valence-corrected chi connectivity index (χ4v) is 3.96. The van der Waals surface area contributed by atoms with E-state index in [0.29, 0.717) is 18.3 Å². The Morgan fingerprint density at radius 3 is 2.62 bits per heavy atom. The number of alkyl halides is 3. The van der Waals surface area contributed by atoms with Gasteiger partial charge in [0.1, 0.15) is 0 Å². The summed E-state index contributed by atoms with van der Waals surface area (Å²) < 4.78 is 41.3. The normalized spacial score (nSPS) is 10.9. The van der Waals surface area contributed by atoms with Gasteiger partial charge in [0.25, 0.3) is 5.91 Å². The van der Waals surface area contributed by atoms with E-state index in [9.17, 15) is 28.0 Å². The van der Waals surface area contributed by atoms with Gasteiger partial charge in [0.2, 0.25) is 5.91 Å². The van der Waals surface area contributed by atoms with E-state index in [1.165, 1.54) is 18.2 Å². The smallest absolute Gasteiger partial charge is 0.394 e. The molecule has 0 spiro atoms. The van der Waals surface area contributed by atoms with Gasteiger partial charge in [-0.3, -0.25) is 14.4 Å². The first-order valence-corrected chi connectivity index (χ1v) is 12.7. The number of benzene rings is 2. The lowest BCUT2D eigenvalue weighted by Crippen LogP contribution is -2.25. The zero-order valence-corrected chi connectivity index (χ0v) is 22.3. The Labute approximate surface area is 239 Å². The van der Waals surface area contributed by atoms with Crippen LogP contribution in [0, 0.1) is 16.7 Å². The molecular weight excluding hydrogens is 553 g/mol. The number of nitriles is 1. The molecule has 1 aromatic heterocycles. The number of hydroxylamine groups is 1. The van der Waals surface area contributed by atoms with E-state index in [0.717, 1.165) is 11.6 Å². The van der Waals surface area contributed by atoms with Crippen LogP contribution in [0.15, 0.2) is 61.3 Å². The predicted molar refractivity (Wildman–Crippen MR) is 147 cm³/mol. The first-order valence-electron chi connectivity index (χ1n) is 12.7. The molecular formula is C29H27F3N6O4. The number of nitrogens with zero attached hydrogens (tertiary/aromatic N) is 3. The molecule has 3 aromatic rings. The van der Waals surface area contributed by atoms with Crippen molar-refractivity contribution in [3.05, 3.63) is 101 Å². The van der Waals surface area contributed by atoms with Gasteiger partial charge in [-0.05, 0) is 60.7 Å². The number of anilines is 1. The summed E-state index contributed by atoms with van der Waals surface area (Å²) in [4.78, 5) is 36.6. The zero-order valence-electron chi connectivity index (χ0n) is 22.3. The first kappa shape index (κ1) is 31.6. The summed E-state index contributed by atoms with van der Waals surface area (Å²) in [5.41, 5.74) is 2.33. The first-order chi connectivity index (χ1) is 20.1. The number of aliphatic hydroxyl groups is 1. The van der Waals surface area contributed by atoms with Crippen LogP contribution >= 0.6 is 0 Å². The third kappa shape index (κ3) is 8.53. The van der Waals surface area contributed by atoms with Crippen molar-refractivity contribution in [3.8, 4) is 6.07 Å². The van der Waals surface area contributed by atoms with E-state index in [4.69, 9.17) is 15.4 Å². The quantitative estimate of drug-likeness (QED) is 0.103. The van der Waals surface area contributed by atoms with Gasteiger partial charge < -0.3 is 15.8 Å². The lowest BCUT2D eigenvalue weighted by Gasteiger charge is -2.14. The zero-order chi connectivity index (χ0) is 30.7.